The smallest absolute Gasteiger partial charge is 0.144 e. The number of aryl methyl sites for hydroxylation is 1. The predicted molar refractivity (Wildman–Crippen MR) is 172 cm³/mol. The van der Waals surface area contributed by atoms with Gasteiger partial charge in [0.2, 0.25) is 0 Å². The molecule has 0 aromatic heterocycles. The Morgan fingerprint density at radius 1 is 0.487 bits per heavy atom. The molecule has 0 saturated carbocycles. The molecule has 0 aliphatic carbocycles. The fourth-order valence-corrected chi connectivity index (χ4v) is 2.30. The zero-order chi connectivity index (χ0) is 30.4. The first-order valence-corrected chi connectivity index (χ1v) is 15.3. The Morgan fingerprint density at radius 2 is 0.692 bits per heavy atom. The van der Waals surface area contributed by atoms with Gasteiger partial charge >= 0.3 is 0 Å². The third-order valence-corrected chi connectivity index (χ3v) is 3.81. The van der Waals surface area contributed by atoms with E-state index in [1.165, 1.54) is 16.7 Å². The van der Waals surface area contributed by atoms with Crippen molar-refractivity contribution in [1.29, 1.82) is 0 Å². The van der Waals surface area contributed by atoms with Gasteiger partial charge < -0.3 is 9.47 Å². The van der Waals surface area contributed by atoms with Crippen LogP contribution < -0.4 is 4.74 Å². The van der Waals surface area contributed by atoms with Crippen LogP contribution in [-0.4, -0.2) is 42.3 Å². The second-order valence-electron chi connectivity index (χ2n) is 7.46. The maximum absolute atomic E-state index is 9.63. The van der Waals surface area contributed by atoms with Crippen molar-refractivity contribution in [2.24, 2.45) is 0 Å². The van der Waals surface area contributed by atoms with Crippen molar-refractivity contribution in [2.45, 2.75) is 34.6 Å². The van der Waals surface area contributed by atoms with Gasteiger partial charge in [0.1, 0.15) is 15.6 Å². The third-order valence-electron chi connectivity index (χ3n) is 3.81. The van der Waals surface area contributed by atoms with Crippen LogP contribution >= 0.6 is 0 Å². The van der Waals surface area contributed by atoms with Crippen LogP contribution in [0.3, 0.4) is 0 Å². The first kappa shape index (κ1) is 40.1. The Morgan fingerprint density at radius 3 is 0.897 bits per heavy atom. The number of ether oxygens (including phenoxy) is 2. The molecule has 0 N–H and O–H groups in total. The number of benzene rings is 4. The lowest BCUT2D eigenvalue weighted by Gasteiger charge is -2.03. The molecule has 0 amide bonds. The molecule has 39 heavy (non-hydrogen) atoms. The number of hydrogen-bond acceptors (Lipinski definition) is 4. The zero-order valence-electron chi connectivity index (χ0n) is 25.6. The van der Waals surface area contributed by atoms with Gasteiger partial charge in [-0.1, -0.05) is 142 Å². The van der Waals surface area contributed by atoms with Crippen LogP contribution in [0.1, 0.15) is 33.3 Å². The monoisotopic (exact) mass is 554 g/mol. The molecule has 0 radical (unpaired) electrons. The Bertz CT molecular complexity index is 987. The lowest BCUT2D eigenvalue weighted by atomic mass is 10.0. The Kier molecular flexibility index (Phi) is 30.0. The van der Waals surface area contributed by atoms with Gasteiger partial charge in [0, 0.05) is 26.7 Å². The molecule has 0 saturated heterocycles. The summed E-state index contributed by atoms with van der Waals surface area (Å²) in [7, 11) is 2.26. The summed E-state index contributed by atoms with van der Waals surface area (Å²) in [6.07, 6.45) is 2.32. The molecule has 0 aliphatic heterocycles. The van der Waals surface area contributed by atoms with E-state index in [1.807, 2.05) is 113 Å². The molecule has 4 aromatic rings. The standard InChI is InChI=1S/C14H14O.2C6H6.C2H6O2S.C2H6O.2C2H6/c1-11-3-5-12(6-4-11)13-7-9-14(15-2)10-8-13;2*1-2-4-6-5-3-1;1-5(2,3)4;1-3-2;2*1-2/h3-10H,1-2H3;2*1-6H;1-2H3;1-2H3;2*1-2H3. The van der Waals surface area contributed by atoms with E-state index >= 15 is 0 Å². The molecule has 0 heterocycles. The molecule has 0 unspecified atom stereocenters. The fourth-order valence-electron chi connectivity index (χ4n) is 2.30. The van der Waals surface area contributed by atoms with Crippen LogP contribution in [0.25, 0.3) is 11.1 Å². The van der Waals surface area contributed by atoms with Crippen LogP contribution in [0.5, 0.6) is 5.75 Å². The van der Waals surface area contributed by atoms with E-state index in [4.69, 9.17) is 4.74 Å². The second-order valence-corrected chi connectivity index (χ2v) is 9.74. The predicted octanol–water partition coefficient (Wildman–Crippen LogP) is 9.02. The topological polar surface area (TPSA) is 52.6 Å². The average molecular weight is 555 g/mol. The number of hydrogen-bond donors (Lipinski definition) is 0. The minimum absolute atomic E-state index is 0.894. The van der Waals surface area contributed by atoms with Gasteiger partial charge in [-0.15, -0.1) is 0 Å². The van der Waals surface area contributed by atoms with Gasteiger partial charge in [-0.25, -0.2) is 8.42 Å². The van der Waals surface area contributed by atoms with Crippen LogP contribution in [0, 0.1) is 6.92 Å². The summed E-state index contributed by atoms with van der Waals surface area (Å²) in [6, 6.07) is 40.6. The molecule has 4 rings (SSSR count). The van der Waals surface area contributed by atoms with E-state index in [0.717, 1.165) is 18.3 Å². The molecule has 216 valence electrons. The van der Waals surface area contributed by atoms with E-state index < -0.39 is 9.84 Å². The van der Waals surface area contributed by atoms with E-state index in [9.17, 15) is 8.42 Å². The summed E-state index contributed by atoms with van der Waals surface area (Å²) in [5.74, 6) is 0.894. The molecule has 0 spiro atoms. The normalized spacial score (nSPS) is 8.56. The maximum atomic E-state index is 9.63. The van der Waals surface area contributed by atoms with Crippen LogP contribution in [-0.2, 0) is 14.6 Å². The molecule has 0 atom stereocenters. The average Bonchev–Trinajstić information content (AvgIpc) is 2.98. The zero-order valence-corrected chi connectivity index (χ0v) is 26.4. The maximum Gasteiger partial charge on any atom is 0.144 e. The van der Waals surface area contributed by atoms with Crippen molar-refractivity contribution < 1.29 is 17.9 Å². The second kappa shape index (κ2) is 29.2. The Labute approximate surface area is 239 Å². The van der Waals surface area contributed by atoms with Gasteiger partial charge in [0.05, 0.1) is 7.11 Å². The van der Waals surface area contributed by atoms with Crippen molar-refractivity contribution in [3.05, 3.63) is 127 Å². The Hall–Kier alpha value is -3.41. The first-order chi connectivity index (χ1) is 18.7. The van der Waals surface area contributed by atoms with Crippen molar-refractivity contribution >= 4 is 9.84 Å². The Balaban J connectivity index is -0.000000453. The summed E-state index contributed by atoms with van der Waals surface area (Å²) in [5.41, 5.74) is 3.74. The molecular weight excluding hydrogens is 504 g/mol. The fraction of sp³-hybridized carbons (Fsp3) is 0.294. The molecule has 4 nitrogen and oxygen atoms in total. The highest BCUT2D eigenvalue weighted by Gasteiger charge is 1.97. The summed E-state index contributed by atoms with van der Waals surface area (Å²) in [5, 5.41) is 0. The van der Waals surface area contributed by atoms with E-state index in [-0.39, 0.29) is 0 Å². The number of rotatable bonds is 2. The van der Waals surface area contributed by atoms with Gasteiger partial charge in [0.25, 0.3) is 0 Å². The summed E-state index contributed by atoms with van der Waals surface area (Å²) in [4.78, 5) is 0. The minimum atomic E-state index is -2.67. The third kappa shape index (κ3) is 30.7. The van der Waals surface area contributed by atoms with Crippen molar-refractivity contribution in [3.8, 4) is 16.9 Å². The van der Waals surface area contributed by atoms with Crippen molar-refractivity contribution in [1.82, 2.24) is 0 Å². The van der Waals surface area contributed by atoms with E-state index in [1.54, 1.807) is 21.3 Å². The van der Waals surface area contributed by atoms with Gasteiger partial charge in [-0.3, -0.25) is 0 Å². The summed E-state index contributed by atoms with van der Waals surface area (Å²) < 4.78 is 28.6. The van der Waals surface area contributed by atoms with E-state index in [2.05, 4.69) is 48.1 Å². The van der Waals surface area contributed by atoms with Crippen LogP contribution in [0.15, 0.2) is 121 Å². The van der Waals surface area contributed by atoms with E-state index in [0.29, 0.717) is 0 Å². The highest BCUT2D eigenvalue weighted by atomic mass is 32.2. The van der Waals surface area contributed by atoms with Crippen molar-refractivity contribution in [3.63, 3.8) is 0 Å². The SMILES string of the molecule is CC.CC.COC.COc1ccc(-c2ccc(C)cc2)cc1.CS(C)(=O)=O.c1ccccc1.c1ccccc1. The van der Waals surface area contributed by atoms with Crippen molar-refractivity contribution in [2.75, 3.05) is 33.8 Å². The lowest BCUT2D eigenvalue weighted by molar-refractivity contribution is 0.277. The summed E-state index contributed by atoms with van der Waals surface area (Å²) in [6.45, 7) is 10.1. The number of sulfone groups is 1. The largest absolute Gasteiger partial charge is 0.497 e. The highest BCUT2D eigenvalue weighted by Crippen LogP contribution is 2.22. The minimum Gasteiger partial charge on any atom is -0.497 e. The number of methoxy groups -OCH3 is 2. The molecular formula is C34H50O4S. The van der Waals surface area contributed by atoms with Gasteiger partial charge in [-0.2, -0.15) is 0 Å². The molecule has 0 bridgehead atoms. The molecule has 4 aromatic carbocycles. The quantitative estimate of drug-likeness (QED) is 0.248. The van der Waals surface area contributed by atoms with Gasteiger partial charge in [-0.05, 0) is 30.2 Å². The van der Waals surface area contributed by atoms with Crippen LogP contribution in [0.2, 0.25) is 0 Å². The lowest BCUT2D eigenvalue weighted by Crippen LogP contribution is -1.86. The van der Waals surface area contributed by atoms with Gasteiger partial charge in [0.15, 0.2) is 0 Å². The van der Waals surface area contributed by atoms with Crippen LogP contribution in [0.4, 0.5) is 0 Å². The molecule has 0 aliphatic rings. The molecule has 5 heteroatoms. The highest BCUT2D eigenvalue weighted by molar-refractivity contribution is 7.89. The first-order valence-electron chi connectivity index (χ1n) is 13.0. The molecule has 0 fully saturated rings. The summed E-state index contributed by atoms with van der Waals surface area (Å²) >= 11 is 0.